The van der Waals surface area contributed by atoms with Gasteiger partial charge in [-0.3, -0.25) is 4.79 Å². The van der Waals surface area contributed by atoms with Crippen LogP contribution in [0, 0.1) is 5.82 Å². The topological polar surface area (TPSA) is 52.3 Å². The van der Waals surface area contributed by atoms with Crippen LogP contribution < -0.4 is 5.73 Å². The molecule has 98 valence electrons. The minimum Gasteiger partial charge on any atom is -0.459 e. The van der Waals surface area contributed by atoms with Gasteiger partial charge in [0.2, 0.25) is 0 Å². The van der Waals surface area contributed by atoms with Crippen LogP contribution in [0.25, 0.3) is 0 Å². The van der Waals surface area contributed by atoms with E-state index in [1.807, 2.05) is 0 Å². The van der Waals surface area contributed by atoms with E-state index >= 15 is 0 Å². The third-order valence-electron chi connectivity index (χ3n) is 3.05. The number of hydrogen-bond donors (Lipinski definition) is 1. The SMILES string of the molecule is CC(C)(C)OC(=O)C1(c2ccc(N)cc2F)CC1. The summed E-state index contributed by atoms with van der Waals surface area (Å²) in [7, 11) is 0. The number of nitrogen functional groups attached to an aromatic ring is 1. The second-order valence-corrected chi connectivity index (χ2v) is 5.82. The fourth-order valence-electron chi connectivity index (χ4n) is 2.00. The maximum Gasteiger partial charge on any atom is 0.317 e. The molecule has 1 fully saturated rings. The molecule has 0 bridgehead atoms. The quantitative estimate of drug-likeness (QED) is 0.649. The van der Waals surface area contributed by atoms with Gasteiger partial charge in [0.05, 0.1) is 5.41 Å². The lowest BCUT2D eigenvalue weighted by atomic mass is 9.95. The van der Waals surface area contributed by atoms with Crippen LogP contribution in [-0.2, 0) is 14.9 Å². The highest BCUT2D eigenvalue weighted by Crippen LogP contribution is 2.50. The van der Waals surface area contributed by atoms with Crippen molar-refractivity contribution in [2.24, 2.45) is 0 Å². The standard InChI is InChI=1S/C14H18FNO2/c1-13(2,3)18-12(17)14(6-7-14)10-5-4-9(16)8-11(10)15/h4-5,8H,6-7,16H2,1-3H3. The molecule has 3 nitrogen and oxygen atoms in total. The minimum atomic E-state index is -0.801. The summed E-state index contributed by atoms with van der Waals surface area (Å²) < 4.78 is 19.3. The number of carbonyl (C=O) groups is 1. The molecule has 0 heterocycles. The van der Waals surface area contributed by atoms with Crippen molar-refractivity contribution < 1.29 is 13.9 Å². The van der Waals surface area contributed by atoms with Gasteiger partial charge in [-0.15, -0.1) is 0 Å². The Kier molecular flexibility index (Phi) is 2.84. The lowest BCUT2D eigenvalue weighted by Gasteiger charge is -2.24. The van der Waals surface area contributed by atoms with E-state index in [-0.39, 0.29) is 5.97 Å². The molecule has 1 aromatic carbocycles. The van der Waals surface area contributed by atoms with Crippen LogP contribution in [0.5, 0.6) is 0 Å². The largest absolute Gasteiger partial charge is 0.459 e. The molecule has 1 aliphatic rings. The molecule has 4 heteroatoms. The summed E-state index contributed by atoms with van der Waals surface area (Å²) in [5.74, 6) is -0.781. The van der Waals surface area contributed by atoms with E-state index in [1.165, 1.54) is 6.07 Å². The smallest absolute Gasteiger partial charge is 0.317 e. The van der Waals surface area contributed by atoms with Crippen molar-refractivity contribution in [2.45, 2.75) is 44.6 Å². The fraction of sp³-hybridized carbons (Fsp3) is 0.500. The maximum atomic E-state index is 13.9. The molecular formula is C14H18FNO2. The fourth-order valence-corrected chi connectivity index (χ4v) is 2.00. The molecule has 0 saturated heterocycles. The Morgan fingerprint density at radius 1 is 1.39 bits per heavy atom. The zero-order chi connectivity index (χ0) is 13.6. The van der Waals surface area contributed by atoms with Crippen molar-refractivity contribution in [3.8, 4) is 0 Å². The number of nitrogens with two attached hydrogens (primary N) is 1. The molecular weight excluding hydrogens is 233 g/mol. The summed E-state index contributed by atoms with van der Waals surface area (Å²) >= 11 is 0. The van der Waals surface area contributed by atoms with E-state index in [2.05, 4.69) is 0 Å². The lowest BCUT2D eigenvalue weighted by molar-refractivity contribution is -0.158. The van der Waals surface area contributed by atoms with Crippen LogP contribution in [0.3, 0.4) is 0 Å². The first-order valence-corrected chi connectivity index (χ1v) is 6.04. The van der Waals surface area contributed by atoms with Gasteiger partial charge in [-0.2, -0.15) is 0 Å². The summed E-state index contributed by atoms with van der Waals surface area (Å²) in [4.78, 5) is 12.2. The molecule has 0 aromatic heterocycles. The number of carbonyl (C=O) groups excluding carboxylic acids is 1. The van der Waals surface area contributed by atoms with Gasteiger partial charge in [-0.1, -0.05) is 6.07 Å². The number of anilines is 1. The third-order valence-corrected chi connectivity index (χ3v) is 3.05. The second kappa shape index (κ2) is 3.97. The van der Waals surface area contributed by atoms with E-state index in [0.717, 1.165) is 0 Å². The molecule has 0 radical (unpaired) electrons. The Balaban J connectivity index is 2.29. The van der Waals surface area contributed by atoms with Gasteiger partial charge in [-0.25, -0.2) is 4.39 Å². The van der Waals surface area contributed by atoms with Gasteiger partial charge < -0.3 is 10.5 Å². The van der Waals surface area contributed by atoms with Crippen LogP contribution in [-0.4, -0.2) is 11.6 Å². The summed E-state index contributed by atoms with van der Waals surface area (Å²) in [5.41, 5.74) is 4.91. The molecule has 2 rings (SSSR count). The molecule has 0 amide bonds. The van der Waals surface area contributed by atoms with Gasteiger partial charge in [0.25, 0.3) is 0 Å². The van der Waals surface area contributed by atoms with Gasteiger partial charge >= 0.3 is 5.97 Å². The molecule has 2 N–H and O–H groups in total. The van der Waals surface area contributed by atoms with Crippen molar-refractivity contribution in [3.63, 3.8) is 0 Å². The van der Waals surface area contributed by atoms with Gasteiger partial charge in [0, 0.05) is 11.3 Å². The number of rotatable bonds is 2. The Morgan fingerprint density at radius 3 is 2.44 bits per heavy atom. The number of halogens is 1. The summed E-state index contributed by atoms with van der Waals surface area (Å²) in [6.07, 6.45) is 1.26. The van der Waals surface area contributed by atoms with Gasteiger partial charge in [0.1, 0.15) is 11.4 Å². The van der Waals surface area contributed by atoms with Crippen molar-refractivity contribution in [1.29, 1.82) is 0 Å². The Morgan fingerprint density at radius 2 is 2.00 bits per heavy atom. The predicted molar refractivity (Wildman–Crippen MR) is 67.6 cm³/mol. The average molecular weight is 251 g/mol. The lowest BCUT2D eigenvalue weighted by Crippen LogP contribution is -2.32. The first-order chi connectivity index (χ1) is 8.24. The van der Waals surface area contributed by atoms with E-state index < -0.39 is 16.8 Å². The number of benzene rings is 1. The molecule has 0 atom stereocenters. The first kappa shape index (κ1) is 12.9. The summed E-state index contributed by atoms with van der Waals surface area (Å²) in [6, 6.07) is 4.45. The normalized spacial score (nSPS) is 17.3. The Labute approximate surface area is 106 Å². The van der Waals surface area contributed by atoms with Gasteiger partial charge in [-0.05, 0) is 45.7 Å². The number of ether oxygens (including phenoxy) is 1. The van der Waals surface area contributed by atoms with Crippen molar-refractivity contribution >= 4 is 11.7 Å². The summed E-state index contributed by atoms with van der Waals surface area (Å²) in [6.45, 7) is 5.42. The predicted octanol–water partition coefficient (Wildman–Crippen LogP) is 2.78. The minimum absolute atomic E-state index is 0.348. The monoisotopic (exact) mass is 251 g/mol. The highest BCUT2D eigenvalue weighted by molar-refractivity contribution is 5.87. The number of esters is 1. The van der Waals surface area contributed by atoms with Crippen molar-refractivity contribution in [1.82, 2.24) is 0 Å². The molecule has 1 aromatic rings. The van der Waals surface area contributed by atoms with E-state index in [4.69, 9.17) is 10.5 Å². The van der Waals surface area contributed by atoms with Crippen LogP contribution in [0.15, 0.2) is 18.2 Å². The average Bonchev–Trinajstić information content (AvgIpc) is 2.95. The second-order valence-electron chi connectivity index (χ2n) is 5.82. The summed E-state index contributed by atoms with van der Waals surface area (Å²) in [5, 5.41) is 0. The van der Waals surface area contributed by atoms with E-state index in [0.29, 0.717) is 24.1 Å². The van der Waals surface area contributed by atoms with E-state index in [9.17, 15) is 9.18 Å². The Bertz CT molecular complexity index is 487. The molecule has 1 saturated carbocycles. The van der Waals surface area contributed by atoms with Crippen molar-refractivity contribution in [3.05, 3.63) is 29.6 Å². The Hall–Kier alpha value is -1.58. The highest BCUT2D eigenvalue weighted by atomic mass is 19.1. The molecule has 0 aliphatic heterocycles. The highest BCUT2D eigenvalue weighted by Gasteiger charge is 2.55. The molecule has 1 aliphatic carbocycles. The van der Waals surface area contributed by atoms with Crippen LogP contribution in [0.4, 0.5) is 10.1 Å². The van der Waals surface area contributed by atoms with Gasteiger partial charge in [0.15, 0.2) is 0 Å². The third kappa shape index (κ3) is 2.33. The maximum absolute atomic E-state index is 13.9. The molecule has 18 heavy (non-hydrogen) atoms. The van der Waals surface area contributed by atoms with Crippen molar-refractivity contribution in [2.75, 3.05) is 5.73 Å². The van der Waals surface area contributed by atoms with Crippen LogP contribution in [0.1, 0.15) is 39.2 Å². The van der Waals surface area contributed by atoms with Crippen LogP contribution in [0.2, 0.25) is 0 Å². The molecule has 0 spiro atoms. The number of hydrogen-bond acceptors (Lipinski definition) is 3. The van der Waals surface area contributed by atoms with Crippen LogP contribution >= 0.6 is 0 Å². The zero-order valence-corrected chi connectivity index (χ0v) is 10.9. The first-order valence-electron chi connectivity index (χ1n) is 6.04. The molecule has 0 unspecified atom stereocenters. The van der Waals surface area contributed by atoms with E-state index in [1.54, 1.807) is 32.9 Å². The zero-order valence-electron chi connectivity index (χ0n) is 10.9.